The first kappa shape index (κ1) is 31.0. The van der Waals surface area contributed by atoms with E-state index in [9.17, 15) is 14.4 Å². The minimum atomic E-state index is -0.563. The molecule has 1 aliphatic rings. The van der Waals surface area contributed by atoms with Gasteiger partial charge >= 0.3 is 12.1 Å². The van der Waals surface area contributed by atoms with Crippen molar-refractivity contribution in [3.05, 3.63) is 96.3 Å². The Morgan fingerprint density at radius 2 is 1.62 bits per heavy atom. The maximum Gasteiger partial charge on any atom is 0.324 e. The number of anilines is 3. The predicted octanol–water partition coefficient (Wildman–Crippen LogP) is 5.45. The molecule has 0 radical (unpaired) electrons. The maximum absolute atomic E-state index is 13.2. The smallest absolute Gasteiger partial charge is 0.324 e. The number of nitrogens with zero attached hydrogens (tertiary/aromatic N) is 4. The zero-order valence-corrected chi connectivity index (χ0v) is 25.9. The Hall–Kier alpha value is -5.95. The van der Waals surface area contributed by atoms with Gasteiger partial charge in [-0.1, -0.05) is 42.0 Å². The molecule has 0 bridgehead atoms. The van der Waals surface area contributed by atoms with Crippen LogP contribution in [0.2, 0.25) is 0 Å². The van der Waals surface area contributed by atoms with Gasteiger partial charge in [-0.15, -0.1) is 0 Å². The lowest BCUT2D eigenvalue weighted by Crippen LogP contribution is -2.46. The van der Waals surface area contributed by atoms with Crippen LogP contribution in [0.5, 0.6) is 11.5 Å². The number of aromatic nitrogens is 3. The molecule has 0 saturated carbocycles. The van der Waals surface area contributed by atoms with Crippen molar-refractivity contribution in [1.29, 1.82) is 0 Å². The molecule has 5 amide bonds. The number of benzene rings is 3. The average molecular weight is 635 g/mol. The summed E-state index contributed by atoms with van der Waals surface area (Å²) in [7, 11) is 0. The number of ether oxygens (including phenoxy) is 2. The van der Waals surface area contributed by atoms with Gasteiger partial charge in [0.05, 0.1) is 36.8 Å². The molecule has 13 heteroatoms. The third kappa shape index (κ3) is 7.65. The number of carbonyl (C=O) groups is 3. The Morgan fingerprint density at radius 3 is 2.40 bits per heavy atom. The second kappa shape index (κ2) is 14.0. The average Bonchev–Trinajstić information content (AvgIpc) is 3.44. The van der Waals surface area contributed by atoms with Crippen molar-refractivity contribution in [2.75, 3.05) is 48.8 Å². The summed E-state index contributed by atoms with van der Waals surface area (Å²) in [6.07, 6.45) is 1.51. The van der Waals surface area contributed by atoms with E-state index >= 15 is 0 Å². The van der Waals surface area contributed by atoms with E-state index < -0.39 is 12.1 Å². The van der Waals surface area contributed by atoms with Crippen LogP contribution >= 0.6 is 0 Å². The molecule has 0 spiro atoms. The number of nitrogens with one attached hydrogen (secondary N) is 4. The van der Waals surface area contributed by atoms with E-state index in [0.717, 1.165) is 27.7 Å². The van der Waals surface area contributed by atoms with Gasteiger partial charge < -0.3 is 25.0 Å². The number of amides is 5. The first-order valence-corrected chi connectivity index (χ1v) is 15.1. The molecule has 0 unspecified atom stereocenters. The lowest BCUT2D eigenvalue weighted by Gasteiger charge is -2.26. The van der Waals surface area contributed by atoms with Crippen molar-refractivity contribution < 1.29 is 23.9 Å². The van der Waals surface area contributed by atoms with Crippen LogP contribution in [0.3, 0.4) is 0 Å². The van der Waals surface area contributed by atoms with Gasteiger partial charge in [0.2, 0.25) is 5.91 Å². The van der Waals surface area contributed by atoms with E-state index in [-0.39, 0.29) is 18.3 Å². The molecule has 240 valence electrons. The number of pyridine rings is 1. The standard InChI is InChI=1S/C34H34N8O5/c1-22-7-9-24(10-8-22)42-31(19-23(2)40-42)39-34(45)37-28-11-12-29(27-6-4-3-5-26(27)28)47-25-13-14-35-30(20-25)38-33(44)36-21-32(43)41-15-17-46-18-16-41/h3-14,19-20H,15-18,21H2,1-2H3,(H2,37,39,45)(H2,35,36,38,44). The van der Waals surface area contributed by atoms with E-state index in [2.05, 4.69) is 31.3 Å². The van der Waals surface area contributed by atoms with E-state index in [1.807, 2.05) is 62.4 Å². The molecule has 13 nitrogen and oxygen atoms in total. The van der Waals surface area contributed by atoms with Crippen LogP contribution in [0.1, 0.15) is 11.3 Å². The number of morpholine rings is 1. The summed E-state index contributed by atoms with van der Waals surface area (Å²) in [5.74, 6) is 1.57. The molecule has 47 heavy (non-hydrogen) atoms. The summed E-state index contributed by atoms with van der Waals surface area (Å²) in [5.41, 5.74) is 3.31. The molecule has 4 N–H and O–H groups in total. The topological polar surface area (TPSA) is 152 Å². The van der Waals surface area contributed by atoms with Crippen LogP contribution in [0, 0.1) is 13.8 Å². The lowest BCUT2D eigenvalue weighted by atomic mass is 10.1. The number of hydrogen-bond acceptors (Lipinski definition) is 7. The summed E-state index contributed by atoms with van der Waals surface area (Å²) < 4.78 is 13.1. The zero-order valence-electron chi connectivity index (χ0n) is 25.9. The second-order valence-electron chi connectivity index (χ2n) is 10.9. The summed E-state index contributed by atoms with van der Waals surface area (Å²) in [6.45, 7) is 5.72. The highest BCUT2D eigenvalue weighted by Gasteiger charge is 2.18. The number of fused-ring (bicyclic) bond motifs is 1. The van der Waals surface area contributed by atoms with Crippen LogP contribution < -0.4 is 26.0 Å². The van der Waals surface area contributed by atoms with Gasteiger partial charge in [0.15, 0.2) is 0 Å². The van der Waals surface area contributed by atoms with Gasteiger partial charge in [-0.2, -0.15) is 5.10 Å². The van der Waals surface area contributed by atoms with Gasteiger partial charge in [-0.05, 0) is 44.2 Å². The van der Waals surface area contributed by atoms with Gasteiger partial charge in [-0.25, -0.2) is 19.3 Å². The Labute approximate surface area is 270 Å². The largest absolute Gasteiger partial charge is 0.457 e. The molecular formula is C34H34N8O5. The van der Waals surface area contributed by atoms with Crippen LogP contribution in [0.15, 0.2) is 85.1 Å². The molecule has 1 fully saturated rings. The van der Waals surface area contributed by atoms with Crippen molar-refractivity contribution >= 4 is 46.1 Å². The third-order valence-electron chi connectivity index (χ3n) is 7.45. The van der Waals surface area contributed by atoms with Crippen molar-refractivity contribution in [3.8, 4) is 17.2 Å². The van der Waals surface area contributed by atoms with Gasteiger partial charge in [-0.3, -0.25) is 15.4 Å². The van der Waals surface area contributed by atoms with E-state index in [4.69, 9.17) is 9.47 Å². The number of rotatable bonds is 8. The molecule has 6 rings (SSSR count). The molecule has 0 atom stereocenters. The molecule has 2 aromatic heterocycles. The molecule has 3 heterocycles. The van der Waals surface area contributed by atoms with Crippen LogP contribution in [0.25, 0.3) is 16.5 Å². The SMILES string of the molecule is Cc1ccc(-n2nc(C)cc2NC(=O)Nc2ccc(Oc3ccnc(NC(=O)NCC(=O)N4CCOCC4)c3)c3ccccc23)cc1. The normalized spacial score (nSPS) is 12.8. The van der Waals surface area contributed by atoms with Gasteiger partial charge in [0, 0.05) is 42.2 Å². The van der Waals surface area contributed by atoms with Crippen LogP contribution in [-0.2, 0) is 9.53 Å². The van der Waals surface area contributed by atoms with Crippen LogP contribution in [-0.4, -0.2) is 70.5 Å². The summed E-state index contributed by atoms with van der Waals surface area (Å²) in [5, 5.41) is 17.1. The fraction of sp³-hybridized carbons (Fsp3) is 0.206. The zero-order chi connectivity index (χ0) is 32.8. The highest BCUT2D eigenvalue weighted by atomic mass is 16.5. The molecule has 5 aromatic rings. The number of aryl methyl sites for hydroxylation is 2. The van der Waals surface area contributed by atoms with Crippen LogP contribution in [0.4, 0.5) is 26.9 Å². The van der Waals surface area contributed by atoms with Crippen molar-refractivity contribution in [3.63, 3.8) is 0 Å². The van der Waals surface area contributed by atoms with Gasteiger partial charge in [0.1, 0.15) is 23.1 Å². The van der Waals surface area contributed by atoms with E-state index in [0.29, 0.717) is 49.3 Å². The first-order chi connectivity index (χ1) is 22.8. The number of urea groups is 2. The van der Waals surface area contributed by atoms with E-state index in [1.165, 1.54) is 6.20 Å². The summed E-state index contributed by atoms with van der Waals surface area (Å²) >= 11 is 0. The molecule has 1 aliphatic heterocycles. The monoisotopic (exact) mass is 634 g/mol. The highest BCUT2D eigenvalue weighted by molar-refractivity contribution is 6.07. The van der Waals surface area contributed by atoms with Gasteiger partial charge in [0.25, 0.3) is 0 Å². The highest BCUT2D eigenvalue weighted by Crippen LogP contribution is 2.35. The molecule has 3 aromatic carbocycles. The van der Waals surface area contributed by atoms with Crippen molar-refractivity contribution in [1.82, 2.24) is 25.0 Å². The summed E-state index contributed by atoms with van der Waals surface area (Å²) in [6, 6.07) is 23.0. The van der Waals surface area contributed by atoms with E-state index in [1.54, 1.807) is 39.9 Å². The second-order valence-corrected chi connectivity index (χ2v) is 10.9. The summed E-state index contributed by atoms with van der Waals surface area (Å²) in [4.78, 5) is 43.8. The number of hydrogen-bond donors (Lipinski definition) is 4. The first-order valence-electron chi connectivity index (χ1n) is 15.1. The molecule has 1 saturated heterocycles. The van der Waals surface area contributed by atoms with Crippen molar-refractivity contribution in [2.24, 2.45) is 0 Å². The quantitative estimate of drug-likeness (QED) is 0.177. The number of carbonyl (C=O) groups excluding carboxylic acids is 3. The Balaban J connectivity index is 1.11. The predicted molar refractivity (Wildman–Crippen MR) is 178 cm³/mol. The maximum atomic E-state index is 13.2. The fourth-order valence-corrected chi connectivity index (χ4v) is 5.12. The minimum absolute atomic E-state index is 0.136. The Morgan fingerprint density at radius 1 is 0.851 bits per heavy atom. The lowest BCUT2D eigenvalue weighted by molar-refractivity contribution is -0.134. The molecular weight excluding hydrogens is 600 g/mol. The minimum Gasteiger partial charge on any atom is -0.457 e. The molecule has 0 aliphatic carbocycles. The van der Waals surface area contributed by atoms with Crippen molar-refractivity contribution in [2.45, 2.75) is 13.8 Å². The third-order valence-corrected chi connectivity index (χ3v) is 7.45. The Bertz CT molecular complexity index is 1920. The Kier molecular flexibility index (Phi) is 9.25. The fourth-order valence-electron chi connectivity index (χ4n) is 5.12.